The van der Waals surface area contributed by atoms with Gasteiger partial charge in [-0.05, 0) is 52.4 Å². The monoisotopic (exact) mass is 252 g/mol. The number of nitrogens with zero attached hydrogens (tertiary/aromatic N) is 1. The maximum atomic E-state index is 5.82. The first kappa shape index (κ1) is 13.0. The summed E-state index contributed by atoms with van der Waals surface area (Å²) in [5, 5.41) is 0. The number of rotatable bonds is 3. The third-order valence-electron chi connectivity index (χ3n) is 3.76. The molecule has 0 aromatic carbocycles. The van der Waals surface area contributed by atoms with Crippen molar-refractivity contribution in [2.45, 2.75) is 44.2 Å². The van der Waals surface area contributed by atoms with Crippen LogP contribution in [0.15, 0.2) is 0 Å². The molecule has 0 N–H and O–H groups in total. The number of fused-ring (bicyclic) bond motifs is 1. The van der Waals surface area contributed by atoms with Gasteiger partial charge in [-0.1, -0.05) is 0 Å². The second kappa shape index (κ2) is 5.32. The van der Waals surface area contributed by atoms with Gasteiger partial charge in [-0.25, -0.2) is 0 Å². The summed E-state index contributed by atoms with van der Waals surface area (Å²) in [6.07, 6.45) is 5.92. The molecule has 2 saturated heterocycles. The molecule has 2 atom stereocenters. The molecule has 0 bridgehead atoms. The topological polar surface area (TPSA) is 12.5 Å². The Hall–Kier alpha value is 0.934. The molecule has 1 radical (unpaired) electrons. The molecular weight excluding hydrogens is 232 g/mol. The van der Waals surface area contributed by atoms with Crippen LogP contribution in [-0.2, 0) is 23.1 Å². The van der Waals surface area contributed by atoms with Gasteiger partial charge in [0, 0.05) is 32.9 Å². The molecule has 81 valence electrons. The average Bonchev–Trinajstić information content (AvgIpc) is 2.61. The molecule has 2 nitrogen and oxygen atoms in total. The molecular formula is C10H20NOPV. The quantitative estimate of drug-likeness (QED) is 0.714. The molecule has 0 aliphatic carbocycles. The fraction of sp³-hybridized carbons (Fsp3) is 1.00. The van der Waals surface area contributed by atoms with Gasteiger partial charge in [0.05, 0.1) is 6.10 Å². The normalized spacial score (nSPS) is 27.9. The van der Waals surface area contributed by atoms with Crippen molar-refractivity contribution in [3.63, 3.8) is 0 Å². The predicted molar refractivity (Wildman–Crippen MR) is 57.6 cm³/mol. The summed E-state index contributed by atoms with van der Waals surface area (Å²) in [6.45, 7) is 7.00. The minimum atomic E-state index is 0. The molecule has 4 heteroatoms. The minimum absolute atomic E-state index is 0. The Kier molecular flexibility index (Phi) is 4.94. The molecule has 2 heterocycles. The summed E-state index contributed by atoms with van der Waals surface area (Å²) in [5.74, 6) is 0. The maximum Gasteiger partial charge on any atom is 0.0769 e. The zero-order valence-corrected chi connectivity index (χ0v) is 11.5. The van der Waals surface area contributed by atoms with Crippen LogP contribution in [0.1, 0.15) is 32.6 Å². The summed E-state index contributed by atoms with van der Waals surface area (Å²) in [5.41, 5.74) is 0.434. The maximum absolute atomic E-state index is 5.82. The summed E-state index contributed by atoms with van der Waals surface area (Å²) >= 11 is 0. The van der Waals surface area contributed by atoms with Crippen LogP contribution in [0, 0.1) is 0 Å². The average molecular weight is 252 g/mol. The SMILES string of the molecule is CPOC(C)C12CCCN1CCC2.[V]. The van der Waals surface area contributed by atoms with Crippen LogP contribution in [0.3, 0.4) is 0 Å². The largest absolute Gasteiger partial charge is 0.358 e. The van der Waals surface area contributed by atoms with Gasteiger partial charge in [-0.2, -0.15) is 0 Å². The molecule has 2 rings (SSSR count). The summed E-state index contributed by atoms with van der Waals surface area (Å²) in [6, 6.07) is 0. The van der Waals surface area contributed by atoms with E-state index in [0.29, 0.717) is 20.5 Å². The van der Waals surface area contributed by atoms with Gasteiger partial charge in [0.2, 0.25) is 0 Å². The molecule has 0 aromatic rings. The molecule has 0 aromatic heterocycles. The fourth-order valence-electron chi connectivity index (χ4n) is 3.10. The summed E-state index contributed by atoms with van der Waals surface area (Å²) < 4.78 is 5.82. The van der Waals surface area contributed by atoms with Crippen LogP contribution in [0.25, 0.3) is 0 Å². The van der Waals surface area contributed by atoms with Crippen LogP contribution >= 0.6 is 8.81 Å². The van der Waals surface area contributed by atoms with E-state index in [-0.39, 0.29) is 18.6 Å². The van der Waals surface area contributed by atoms with E-state index in [2.05, 4.69) is 18.5 Å². The van der Waals surface area contributed by atoms with Crippen molar-refractivity contribution in [2.75, 3.05) is 19.8 Å². The molecule has 2 fully saturated rings. The standard InChI is InChI=1S/C10H20NOP.V/c1-9(12-13-2)10-5-3-7-11(10)8-4-6-10;/h9,13H,3-8H2,1-2H3;. The van der Waals surface area contributed by atoms with Crippen LogP contribution in [0.4, 0.5) is 0 Å². The molecule has 2 aliphatic rings. The van der Waals surface area contributed by atoms with Gasteiger partial charge in [-0.3, -0.25) is 4.90 Å². The van der Waals surface area contributed by atoms with Crippen molar-refractivity contribution in [3.05, 3.63) is 0 Å². The molecule has 0 spiro atoms. The Morgan fingerprint density at radius 1 is 1.29 bits per heavy atom. The van der Waals surface area contributed by atoms with Crippen molar-refractivity contribution in [3.8, 4) is 0 Å². The smallest absolute Gasteiger partial charge is 0.0769 e. The van der Waals surface area contributed by atoms with Crippen LogP contribution in [0.2, 0.25) is 0 Å². The predicted octanol–water partition coefficient (Wildman–Crippen LogP) is 2.24. The van der Waals surface area contributed by atoms with Gasteiger partial charge in [0.25, 0.3) is 0 Å². The summed E-state index contributed by atoms with van der Waals surface area (Å²) in [4.78, 5) is 2.66. The zero-order chi connectivity index (χ0) is 9.31. The Morgan fingerprint density at radius 2 is 1.86 bits per heavy atom. The molecule has 2 aliphatic heterocycles. The van der Waals surface area contributed by atoms with Gasteiger partial charge in [-0.15, -0.1) is 0 Å². The minimum Gasteiger partial charge on any atom is -0.358 e. The molecule has 0 amide bonds. The van der Waals surface area contributed by atoms with Crippen molar-refractivity contribution in [1.82, 2.24) is 4.90 Å². The molecule has 14 heavy (non-hydrogen) atoms. The van der Waals surface area contributed by atoms with E-state index in [0.717, 1.165) is 0 Å². The third kappa shape index (κ3) is 2.06. The van der Waals surface area contributed by atoms with Gasteiger partial charge in [0.1, 0.15) is 0 Å². The molecule has 2 unspecified atom stereocenters. The van der Waals surface area contributed by atoms with Gasteiger partial charge in [0.15, 0.2) is 0 Å². The van der Waals surface area contributed by atoms with Crippen molar-refractivity contribution in [1.29, 1.82) is 0 Å². The Morgan fingerprint density at radius 3 is 2.36 bits per heavy atom. The Balaban J connectivity index is 0.000000980. The fourth-order valence-corrected chi connectivity index (χ4v) is 3.67. The van der Waals surface area contributed by atoms with E-state index in [9.17, 15) is 0 Å². The van der Waals surface area contributed by atoms with Crippen LogP contribution in [-0.4, -0.2) is 36.3 Å². The van der Waals surface area contributed by atoms with Crippen molar-refractivity contribution < 1.29 is 23.1 Å². The van der Waals surface area contributed by atoms with E-state index in [4.69, 9.17) is 4.52 Å². The van der Waals surface area contributed by atoms with Gasteiger partial charge < -0.3 is 4.52 Å². The van der Waals surface area contributed by atoms with Crippen molar-refractivity contribution >= 4 is 8.81 Å². The van der Waals surface area contributed by atoms with Crippen molar-refractivity contribution in [2.24, 2.45) is 0 Å². The van der Waals surface area contributed by atoms with E-state index in [1.165, 1.54) is 38.8 Å². The number of hydrogen-bond donors (Lipinski definition) is 0. The van der Waals surface area contributed by atoms with Gasteiger partial charge >= 0.3 is 0 Å². The van der Waals surface area contributed by atoms with E-state index in [1.54, 1.807) is 0 Å². The van der Waals surface area contributed by atoms with E-state index in [1.807, 2.05) is 0 Å². The summed E-state index contributed by atoms with van der Waals surface area (Å²) in [7, 11) is 0.639. The zero-order valence-electron chi connectivity index (χ0n) is 9.12. The third-order valence-corrected chi connectivity index (χ3v) is 4.35. The van der Waals surface area contributed by atoms with Crippen LogP contribution < -0.4 is 0 Å². The first-order valence-electron chi connectivity index (χ1n) is 5.37. The van der Waals surface area contributed by atoms with E-state index < -0.39 is 0 Å². The first-order chi connectivity index (χ1) is 6.29. The number of hydrogen-bond acceptors (Lipinski definition) is 2. The first-order valence-corrected chi connectivity index (χ1v) is 6.78. The second-order valence-electron chi connectivity index (χ2n) is 4.26. The molecule has 0 saturated carbocycles. The Labute approximate surface area is 101 Å². The van der Waals surface area contributed by atoms with Crippen LogP contribution in [0.5, 0.6) is 0 Å². The Bertz CT molecular complexity index is 181. The second-order valence-corrected chi connectivity index (χ2v) is 4.91. The van der Waals surface area contributed by atoms with E-state index >= 15 is 0 Å².